The van der Waals surface area contributed by atoms with Gasteiger partial charge in [-0.15, -0.1) is 0 Å². The summed E-state index contributed by atoms with van der Waals surface area (Å²) in [4.78, 5) is 6.91. The predicted octanol–water partition coefficient (Wildman–Crippen LogP) is 4.99. The predicted molar refractivity (Wildman–Crippen MR) is 95.5 cm³/mol. The zero-order valence-electron chi connectivity index (χ0n) is 14.3. The van der Waals surface area contributed by atoms with Crippen LogP contribution in [0.15, 0.2) is 59.2 Å². The molecule has 0 amide bonds. The lowest BCUT2D eigenvalue weighted by atomic mass is 9.87. The van der Waals surface area contributed by atoms with Crippen LogP contribution in [0.2, 0.25) is 0 Å². The van der Waals surface area contributed by atoms with Gasteiger partial charge in [0.15, 0.2) is 0 Å². The number of benzene rings is 2. The van der Waals surface area contributed by atoms with E-state index in [1.54, 1.807) is 18.4 Å². The van der Waals surface area contributed by atoms with Gasteiger partial charge in [0.25, 0.3) is 0 Å². The van der Waals surface area contributed by atoms with Crippen LogP contribution in [0.3, 0.4) is 0 Å². The van der Waals surface area contributed by atoms with Gasteiger partial charge in [-0.1, -0.05) is 24.3 Å². The van der Waals surface area contributed by atoms with Crippen LogP contribution in [-0.4, -0.2) is 16.9 Å². The highest BCUT2D eigenvalue weighted by molar-refractivity contribution is 5.52. The molecule has 0 fully saturated rings. The number of hydrogen-bond acceptors (Lipinski definition) is 3. The molecule has 1 atom stereocenters. The van der Waals surface area contributed by atoms with Crippen LogP contribution in [-0.2, 0) is 13.0 Å². The third kappa shape index (κ3) is 3.35. The summed E-state index contributed by atoms with van der Waals surface area (Å²) in [6.07, 6.45) is 5.24. The number of fused-ring (bicyclic) bond motifs is 1. The first-order chi connectivity index (χ1) is 12.2. The highest BCUT2D eigenvalue weighted by Crippen LogP contribution is 2.34. The van der Waals surface area contributed by atoms with Crippen LogP contribution in [0.5, 0.6) is 0 Å². The van der Waals surface area contributed by atoms with E-state index < -0.39 is 0 Å². The number of aromatic nitrogens is 1. The van der Waals surface area contributed by atoms with E-state index in [-0.39, 0.29) is 5.82 Å². The van der Waals surface area contributed by atoms with Gasteiger partial charge in [0, 0.05) is 18.2 Å². The molecule has 3 aromatic rings. The first-order valence-electron chi connectivity index (χ1n) is 8.69. The van der Waals surface area contributed by atoms with Crippen LogP contribution in [0, 0.1) is 5.82 Å². The van der Waals surface area contributed by atoms with Gasteiger partial charge >= 0.3 is 0 Å². The number of oxazole rings is 1. The minimum Gasteiger partial charge on any atom is -0.444 e. The third-order valence-corrected chi connectivity index (χ3v) is 4.92. The van der Waals surface area contributed by atoms with Crippen molar-refractivity contribution in [1.82, 2.24) is 9.88 Å². The fourth-order valence-electron chi connectivity index (χ4n) is 3.66. The molecule has 0 saturated heterocycles. The summed E-state index contributed by atoms with van der Waals surface area (Å²) in [5.74, 6) is 0.277. The SMILES string of the molecule is CN(Cc1coc(-c2ccc(F)cc2)n1)[C@H]1CCCc2ccccc21. The molecule has 128 valence electrons. The van der Waals surface area contributed by atoms with Crippen LogP contribution in [0.25, 0.3) is 11.5 Å². The number of hydrogen-bond donors (Lipinski definition) is 0. The first kappa shape index (κ1) is 16.0. The normalized spacial score (nSPS) is 16.8. The molecule has 0 N–H and O–H groups in total. The second-order valence-corrected chi connectivity index (χ2v) is 6.67. The molecule has 0 spiro atoms. The maximum Gasteiger partial charge on any atom is 0.226 e. The minimum atomic E-state index is -0.258. The Hall–Kier alpha value is -2.46. The minimum absolute atomic E-state index is 0.258. The molecular formula is C21H21FN2O. The van der Waals surface area contributed by atoms with Crippen LogP contribution in [0.4, 0.5) is 4.39 Å². The Morgan fingerprint density at radius 3 is 2.80 bits per heavy atom. The quantitative estimate of drug-likeness (QED) is 0.672. The summed E-state index contributed by atoms with van der Waals surface area (Å²) in [7, 11) is 2.14. The van der Waals surface area contributed by atoms with Crippen molar-refractivity contribution >= 4 is 0 Å². The largest absolute Gasteiger partial charge is 0.444 e. The van der Waals surface area contributed by atoms with Gasteiger partial charge < -0.3 is 4.42 Å². The average Bonchev–Trinajstić information content (AvgIpc) is 3.10. The molecule has 0 saturated carbocycles. The summed E-state index contributed by atoms with van der Waals surface area (Å²) < 4.78 is 18.6. The molecule has 0 aliphatic heterocycles. The molecule has 4 heteroatoms. The Morgan fingerprint density at radius 2 is 1.96 bits per heavy atom. The van der Waals surface area contributed by atoms with E-state index in [0.29, 0.717) is 11.9 Å². The molecule has 1 aliphatic carbocycles. The standard InChI is InChI=1S/C21H21FN2O/c1-24(20-8-4-6-15-5-2-3-7-19(15)20)13-18-14-25-21(23-18)16-9-11-17(22)12-10-16/h2-3,5,7,9-12,14,20H,4,6,8,13H2,1H3/t20-/m0/s1. The number of aryl methyl sites for hydroxylation is 1. The number of nitrogens with zero attached hydrogens (tertiary/aromatic N) is 2. The molecule has 3 nitrogen and oxygen atoms in total. The van der Waals surface area contributed by atoms with Gasteiger partial charge in [0.05, 0.1) is 5.69 Å². The molecule has 0 unspecified atom stereocenters. The smallest absolute Gasteiger partial charge is 0.226 e. The second-order valence-electron chi connectivity index (χ2n) is 6.67. The highest BCUT2D eigenvalue weighted by atomic mass is 19.1. The van der Waals surface area contributed by atoms with Gasteiger partial charge in [0.2, 0.25) is 5.89 Å². The van der Waals surface area contributed by atoms with Gasteiger partial charge in [-0.25, -0.2) is 9.37 Å². The van der Waals surface area contributed by atoms with Crippen molar-refractivity contribution in [1.29, 1.82) is 0 Å². The summed E-state index contributed by atoms with van der Waals surface area (Å²) in [6, 6.07) is 15.3. The van der Waals surface area contributed by atoms with Crippen molar-refractivity contribution < 1.29 is 8.81 Å². The fourth-order valence-corrected chi connectivity index (χ4v) is 3.66. The molecule has 1 aromatic heterocycles. The van der Waals surface area contributed by atoms with E-state index in [0.717, 1.165) is 24.2 Å². The molecule has 1 heterocycles. The Labute approximate surface area is 147 Å². The summed E-state index contributed by atoms with van der Waals surface area (Å²) in [6.45, 7) is 0.726. The second kappa shape index (κ2) is 6.81. The molecule has 2 aromatic carbocycles. The van der Waals surface area contributed by atoms with Gasteiger partial charge in [-0.2, -0.15) is 0 Å². The van der Waals surface area contributed by atoms with E-state index >= 15 is 0 Å². The maximum absolute atomic E-state index is 13.0. The summed E-state index contributed by atoms with van der Waals surface area (Å²) in [5, 5.41) is 0. The molecule has 0 radical (unpaired) electrons. The van der Waals surface area contributed by atoms with E-state index in [9.17, 15) is 4.39 Å². The lowest BCUT2D eigenvalue weighted by Crippen LogP contribution is -2.27. The van der Waals surface area contributed by atoms with Crippen molar-refractivity contribution in [3.05, 3.63) is 77.4 Å². The Morgan fingerprint density at radius 1 is 1.16 bits per heavy atom. The van der Waals surface area contributed by atoms with E-state index in [1.165, 1.54) is 36.1 Å². The maximum atomic E-state index is 13.0. The molecule has 0 bridgehead atoms. The van der Waals surface area contributed by atoms with Gasteiger partial charge in [-0.05, 0) is 61.7 Å². The zero-order valence-corrected chi connectivity index (χ0v) is 14.3. The van der Waals surface area contributed by atoms with Crippen molar-refractivity contribution in [2.24, 2.45) is 0 Å². The van der Waals surface area contributed by atoms with Gasteiger partial charge in [-0.3, -0.25) is 4.90 Å². The Kier molecular flexibility index (Phi) is 4.36. The Bertz CT molecular complexity index is 856. The molecule has 25 heavy (non-hydrogen) atoms. The average molecular weight is 336 g/mol. The van der Waals surface area contributed by atoms with E-state index in [2.05, 4.69) is 41.2 Å². The molecule has 1 aliphatic rings. The Balaban J connectivity index is 1.50. The zero-order chi connectivity index (χ0) is 17.2. The number of rotatable bonds is 4. The third-order valence-electron chi connectivity index (χ3n) is 4.92. The van der Waals surface area contributed by atoms with E-state index in [4.69, 9.17) is 4.42 Å². The lowest BCUT2D eigenvalue weighted by Gasteiger charge is -2.32. The van der Waals surface area contributed by atoms with Crippen LogP contribution < -0.4 is 0 Å². The summed E-state index contributed by atoms with van der Waals surface area (Å²) >= 11 is 0. The summed E-state index contributed by atoms with van der Waals surface area (Å²) in [5.41, 5.74) is 4.57. The topological polar surface area (TPSA) is 29.3 Å². The van der Waals surface area contributed by atoms with E-state index in [1.807, 2.05) is 0 Å². The lowest BCUT2D eigenvalue weighted by molar-refractivity contribution is 0.211. The number of halogens is 1. The van der Waals surface area contributed by atoms with Crippen molar-refractivity contribution in [2.75, 3.05) is 7.05 Å². The highest BCUT2D eigenvalue weighted by Gasteiger charge is 2.24. The van der Waals surface area contributed by atoms with Crippen molar-refractivity contribution in [3.63, 3.8) is 0 Å². The first-order valence-corrected chi connectivity index (χ1v) is 8.69. The van der Waals surface area contributed by atoms with Crippen molar-refractivity contribution in [3.8, 4) is 11.5 Å². The monoisotopic (exact) mass is 336 g/mol. The molecular weight excluding hydrogens is 315 g/mol. The fraction of sp³-hybridized carbons (Fsp3) is 0.286. The van der Waals surface area contributed by atoms with Gasteiger partial charge in [0.1, 0.15) is 12.1 Å². The van der Waals surface area contributed by atoms with Crippen LogP contribution in [0.1, 0.15) is 35.7 Å². The molecule has 4 rings (SSSR count). The van der Waals surface area contributed by atoms with Crippen LogP contribution >= 0.6 is 0 Å². The van der Waals surface area contributed by atoms with Crippen molar-refractivity contribution in [2.45, 2.75) is 31.8 Å².